The van der Waals surface area contributed by atoms with Crippen molar-refractivity contribution in [2.75, 3.05) is 6.54 Å². The minimum Gasteiger partial charge on any atom is -0.758 e. The molecule has 0 bridgehead atoms. The molecule has 0 N–H and O–H groups in total. The molecule has 1 aromatic carbocycles. The van der Waals surface area contributed by atoms with Crippen LogP contribution in [0.2, 0.25) is 0 Å². The molecule has 1 heterocycles. The predicted molar refractivity (Wildman–Crippen MR) is 63.2 cm³/mol. The Morgan fingerprint density at radius 3 is 2.37 bits per heavy atom. The number of halogens is 3. The third kappa shape index (κ3) is 2.61. The summed E-state index contributed by atoms with van der Waals surface area (Å²) in [5.41, 5.74) is -1.33. The second kappa shape index (κ2) is 4.78. The summed E-state index contributed by atoms with van der Waals surface area (Å²) in [4.78, 5) is 0. The highest BCUT2D eigenvalue weighted by Crippen LogP contribution is 2.36. The van der Waals surface area contributed by atoms with Gasteiger partial charge in [0.25, 0.3) is 0 Å². The number of nitriles is 1. The lowest BCUT2D eigenvalue weighted by atomic mass is 10.00. The molecule has 3 nitrogen and oxygen atoms in total. The van der Waals surface area contributed by atoms with Crippen molar-refractivity contribution in [1.29, 1.82) is 5.26 Å². The van der Waals surface area contributed by atoms with Crippen LogP contribution in [0.25, 0.3) is 5.70 Å². The molecule has 6 heteroatoms. The molecule has 0 saturated heterocycles. The predicted octanol–water partition coefficient (Wildman–Crippen LogP) is 3.22. The molecule has 0 unspecified atom stereocenters. The zero-order valence-electron chi connectivity index (χ0n) is 9.61. The van der Waals surface area contributed by atoms with Gasteiger partial charge in [-0.15, -0.1) is 0 Å². The Morgan fingerprint density at radius 2 is 1.84 bits per heavy atom. The van der Waals surface area contributed by atoms with E-state index >= 15 is 0 Å². The van der Waals surface area contributed by atoms with E-state index in [0.29, 0.717) is 10.6 Å². The molecular weight excluding hydrogens is 257 g/mol. The molecule has 2 rings (SSSR count). The van der Waals surface area contributed by atoms with Gasteiger partial charge in [0.15, 0.2) is 0 Å². The molecule has 1 aromatic rings. The Bertz CT molecular complexity index is 582. The first kappa shape index (κ1) is 13.2. The number of alkyl halides is 3. The topological polar surface area (TPSA) is 50.1 Å². The average Bonchev–Trinajstić information content (AvgIpc) is 2.38. The molecular formula is C13H8F3N2O-. The quantitative estimate of drug-likeness (QED) is 0.783. The van der Waals surface area contributed by atoms with Gasteiger partial charge in [0, 0.05) is 12.2 Å². The van der Waals surface area contributed by atoms with E-state index in [9.17, 15) is 18.4 Å². The van der Waals surface area contributed by atoms with Crippen LogP contribution >= 0.6 is 0 Å². The molecule has 0 atom stereocenters. The summed E-state index contributed by atoms with van der Waals surface area (Å²) in [6.45, 7) is -0.591. The van der Waals surface area contributed by atoms with E-state index in [1.807, 2.05) is 0 Å². The summed E-state index contributed by atoms with van der Waals surface area (Å²) < 4.78 is 38.5. The first-order chi connectivity index (χ1) is 8.93. The van der Waals surface area contributed by atoms with Crippen molar-refractivity contribution in [2.24, 2.45) is 0 Å². The summed E-state index contributed by atoms with van der Waals surface area (Å²) in [6, 6.07) is 9.47. The number of hydroxylamine groups is 2. The fourth-order valence-corrected chi connectivity index (χ4v) is 1.79. The molecule has 1 aliphatic heterocycles. The summed E-state index contributed by atoms with van der Waals surface area (Å²) in [6.07, 6.45) is -3.92. The van der Waals surface area contributed by atoms with Crippen molar-refractivity contribution >= 4 is 5.70 Å². The van der Waals surface area contributed by atoms with E-state index in [0.717, 1.165) is 6.08 Å². The van der Waals surface area contributed by atoms with Gasteiger partial charge in [-0.1, -0.05) is 30.3 Å². The maximum absolute atomic E-state index is 12.8. The van der Waals surface area contributed by atoms with Crippen molar-refractivity contribution in [3.8, 4) is 6.07 Å². The summed E-state index contributed by atoms with van der Waals surface area (Å²) >= 11 is 0. The SMILES string of the molecule is N#CC1=C(C(F)(F)F)C=C(c2ccccc2)N([O-])C1. The van der Waals surface area contributed by atoms with Crippen LogP contribution in [0.5, 0.6) is 0 Å². The Morgan fingerprint density at radius 1 is 1.21 bits per heavy atom. The zero-order valence-corrected chi connectivity index (χ0v) is 9.61. The van der Waals surface area contributed by atoms with E-state index in [1.54, 1.807) is 30.3 Å². The van der Waals surface area contributed by atoms with Gasteiger partial charge in [-0.05, 0) is 11.6 Å². The molecule has 0 aromatic heterocycles. The van der Waals surface area contributed by atoms with E-state index < -0.39 is 23.9 Å². The van der Waals surface area contributed by atoms with Crippen molar-refractivity contribution in [1.82, 2.24) is 5.06 Å². The van der Waals surface area contributed by atoms with E-state index in [2.05, 4.69) is 0 Å². The van der Waals surface area contributed by atoms with Crippen LogP contribution in [0.4, 0.5) is 13.2 Å². The fourth-order valence-electron chi connectivity index (χ4n) is 1.79. The molecule has 98 valence electrons. The van der Waals surface area contributed by atoms with Crippen molar-refractivity contribution in [3.63, 3.8) is 0 Å². The number of nitrogens with zero attached hydrogens (tertiary/aromatic N) is 2. The number of benzene rings is 1. The third-order valence-electron chi connectivity index (χ3n) is 2.69. The van der Waals surface area contributed by atoms with Gasteiger partial charge < -0.3 is 10.3 Å². The first-order valence-corrected chi connectivity index (χ1v) is 5.35. The van der Waals surface area contributed by atoms with Gasteiger partial charge in [0.2, 0.25) is 0 Å². The Hall–Kier alpha value is -2.26. The molecule has 0 fully saturated rings. The lowest BCUT2D eigenvalue weighted by Crippen LogP contribution is -2.26. The Kier molecular flexibility index (Phi) is 3.32. The fraction of sp³-hybridized carbons (Fsp3) is 0.154. The smallest absolute Gasteiger partial charge is 0.417 e. The third-order valence-corrected chi connectivity index (χ3v) is 2.69. The summed E-state index contributed by atoms with van der Waals surface area (Å²) in [7, 11) is 0. The maximum atomic E-state index is 12.8. The molecule has 0 aliphatic carbocycles. The number of hydrogen-bond donors (Lipinski definition) is 0. The van der Waals surface area contributed by atoms with Crippen LogP contribution in [0, 0.1) is 16.5 Å². The average molecular weight is 265 g/mol. The van der Waals surface area contributed by atoms with Crippen LogP contribution in [0.15, 0.2) is 47.6 Å². The highest BCUT2D eigenvalue weighted by atomic mass is 19.4. The Labute approximate surface area is 107 Å². The normalized spacial score (nSPS) is 16.2. The minimum atomic E-state index is -4.65. The second-order valence-electron chi connectivity index (χ2n) is 3.93. The molecule has 19 heavy (non-hydrogen) atoms. The molecule has 0 amide bonds. The van der Waals surface area contributed by atoms with Gasteiger partial charge in [-0.3, -0.25) is 0 Å². The van der Waals surface area contributed by atoms with Crippen LogP contribution in [0.3, 0.4) is 0 Å². The lowest BCUT2D eigenvalue weighted by molar-refractivity contribution is -0.0891. The maximum Gasteiger partial charge on any atom is 0.417 e. The number of hydrogen-bond acceptors (Lipinski definition) is 3. The number of rotatable bonds is 1. The van der Waals surface area contributed by atoms with Crippen LogP contribution in [-0.2, 0) is 0 Å². The van der Waals surface area contributed by atoms with Gasteiger partial charge in [-0.2, -0.15) is 18.4 Å². The molecule has 1 aliphatic rings. The minimum absolute atomic E-state index is 0.0908. The van der Waals surface area contributed by atoms with Crippen molar-refractivity contribution in [3.05, 3.63) is 58.3 Å². The van der Waals surface area contributed by atoms with E-state index in [1.165, 1.54) is 6.07 Å². The first-order valence-electron chi connectivity index (χ1n) is 5.35. The summed E-state index contributed by atoms with van der Waals surface area (Å²) in [5, 5.41) is 20.8. The second-order valence-corrected chi connectivity index (χ2v) is 3.93. The van der Waals surface area contributed by atoms with Gasteiger partial charge in [0.1, 0.15) is 0 Å². The Balaban J connectivity index is 2.54. The molecule has 0 radical (unpaired) electrons. The van der Waals surface area contributed by atoms with Crippen LogP contribution < -0.4 is 0 Å². The van der Waals surface area contributed by atoms with Gasteiger partial charge in [0.05, 0.1) is 17.2 Å². The van der Waals surface area contributed by atoms with Gasteiger partial charge in [-0.25, -0.2) is 0 Å². The zero-order chi connectivity index (χ0) is 14.0. The standard InChI is InChI=1S/C13H8F3N2O/c14-13(15,16)11-6-12(9-4-2-1-3-5-9)18(19)8-10(11)7-17/h1-6H,8H2/q-1. The largest absolute Gasteiger partial charge is 0.758 e. The number of allylic oxidation sites excluding steroid dienone is 2. The monoisotopic (exact) mass is 265 g/mol. The molecule has 0 saturated carbocycles. The van der Waals surface area contributed by atoms with Gasteiger partial charge >= 0.3 is 6.18 Å². The molecule has 0 spiro atoms. The van der Waals surface area contributed by atoms with E-state index in [-0.39, 0.29) is 5.70 Å². The highest BCUT2D eigenvalue weighted by Gasteiger charge is 2.37. The van der Waals surface area contributed by atoms with Crippen molar-refractivity contribution < 1.29 is 13.2 Å². The highest BCUT2D eigenvalue weighted by molar-refractivity contribution is 5.70. The van der Waals surface area contributed by atoms with E-state index in [4.69, 9.17) is 5.26 Å². The van der Waals surface area contributed by atoms with Crippen LogP contribution in [-0.4, -0.2) is 17.8 Å². The van der Waals surface area contributed by atoms with Crippen LogP contribution in [0.1, 0.15) is 5.56 Å². The van der Waals surface area contributed by atoms with Crippen molar-refractivity contribution in [2.45, 2.75) is 6.18 Å². The summed E-state index contributed by atoms with van der Waals surface area (Å²) in [5.74, 6) is 0. The lowest BCUT2D eigenvalue weighted by Gasteiger charge is -2.37.